The fourth-order valence-electron chi connectivity index (χ4n) is 3.31. The lowest BCUT2D eigenvalue weighted by Crippen LogP contribution is -2.30. The van der Waals surface area contributed by atoms with Gasteiger partial charge < -0.3 is 15.8 Å². The van der Waals surface area contributed by atoms with Crippen LogP contribution in [0.25, 0.3) is 0 Å². The molecule has 1 aliphatic rings. The zero-order valence-electron chi connectivity index (χ0n) is 15.7. The molecule has 0 aliphatic carbocycles. The van der Waals surface area contributed by atoms with E-state index in [1.807, 2.05) is 18.2 Å². The van der Waals surface area contributed by atoms with Crippen molar-refractivity contribution in [3.05, 3.63) is 60.2 Å². The number of anilines is 1. The molecule has 1 fully saturated rings. The number of hydrogen-bond donors (Lipinski definition) is 2. The second kappa shape index (κ2) is 10.7. The fraction of sp³-hybridized carbons (Fsp3) is 0.350. The minimum absolute atomic E-state index is 0. The minimum atomic E-state index is -4.78. The highest BCUT2D eigenvalue weighted by molar-refractivity contribution is 14.0. The van der Waals surface area contributed by atoms with Crippen molar-refractivity contribution in [2.45, 2.75) is 25.2 Å². The number of halogens is 4. The van der Waals surface area contributed by atoms with Crippen LogP contribution in [0.5, 0.6) is 5.75 Å². The summed E-state index contributed by atoms with van der Waals surface area (Å²) in [4.78, 5) is 6.74. The lowest BCUT2D eigenvalue weighted by molar-refractivity contribution is -0.274. The van der Waals surface area contributed by atoms with Gasteiger partial charge in [0.1, 0.15) is 0 Å². The van der Waals surface area contributed by atoms with E-state index in [4.69, 9.17) is 5.73 Å². The third-order valence-electron chi connectivity index (χ3n) is 4.58. The summed E-state index contributed by atoms with van der Waals surface area (Å²) in [7, 11) is 0. The summed E-state index contributed by atoms with van der Waals surface area (Å²) in [5.41, 5.74) is 7.20. The number of nitrogens with zero attached hydrogens (tertiary/aromatic N) is 2. The van der Waals surface area contributed by atoms with Gasteiger partial charge in [0.15, 0.2) is 11.7 Å². The van der Waals surface area contributed by atoms with Crippen LogP contribution in [0, 0.1) is 0 Å². The summed E-state index contributed by atoms with van der Waals surface area (Å²) in [6, 6.07) is 15.8. The number of guanidine groups is 1. The number of rotatable bonds is 6. The molecule has 1 unspecified atom stereocenters. The molecule has 0 amide bonds. The molecule has 3 rings (SSSR count). The number of benzene rings is 2. The number of hydrogen-bond acceptors (Lipinski definition) is 3. The van der Waals surface area contributed by atoms with Crippen LogP contribution in [0.3, 0.4) is 0 Å². The summed E-state index contributed by atoms with van der Waals surface area (Å²) in [5.74, 6) is -0.314. The zero-order valence-corrected chi connectivity index (χ0v) is 18.1. The molecule has 0 aromatic heterocycles. The van der Waals surface area contributed by atoms with Gasteiger partial charge in [-0.05, 0) is 43.6 Å². The van der Waals surface area contributed by atoms with E-state index in [9.17, 15) is 13.2 Å². The molecule has 9 heteroatoms. The highest BCUT2D eigenvalue weighted by Crippen LogP contribution is 2.30. The normalized spacial score (nSPS) is 16.2. The number of nitrogens with two attached hydrogens (primary N) is 1. The molecule has 5 nitrogen and oxygen atoms in total. The minimum Gasteiger partial charge on any atom is -0.404 e. The summed E-state index contributed by atoms with van der Waals surface area (Å²) in [6.07, 6.45) is -2.50. The van der Waals surface area contributed by atoms with Gasteiger partial charge in [-0.2, -0.15) is 0 Å². The van der Waals surface area contributed by atoms with Crippen molar-refractivity contribution in [1.29, 1.82) is 0 Å². The van der Waals surface area contributed by atoms with Gasteiger partial charge in [0.25, 0.3) is 0 Å². The SMILES string of the molecule is I.NC(=NCC(c1ccccc1)N1CCCC1)Nc1ccccc1OC(F)(F)F. The quantitative estimate of drug-likeness (QED) is 0.328. The molecule has 3 N–H and O–H groups in total. The molecule has 0 radical (unpaired) electrons. The Morgan fingerprint density at radius 2 is 1.69 bits per heavy atom. The van der Waals surface area contributed by atoms with E-state index >= 15 is 0 Å². The highest BCUT2D eigenvalue weighted by atomic mass is 127. The summed E-state index contributed by atoms with van der Waals surface area (Å²) >= 11 is 0. The van der Waals surface area contributed by atoms with Crippen molar-refractivity contribution < 1.29 is 17.9 Å². The number of aliphatic imine (C=N–C) groups is 1. The maximum atomic E-state index is 12.6. The van der Waals surface area contributed by atoms with Crippen LogP contribution in [0.1, 0.15) is 24.4 Å². The van der Waals surface area contributed by atoms with E-state index in [1.165, 1.54) is 18.2 Å². The molecule has 29 heavy (non-hydrogen) atoms. The Morgan fingerprint density at radius 3 is 2.34 bits per heavy atom. The van der Waals surface area contributed by atoms with Gasteiger partial charge >= 0.3 is 6.36 Å². The number of para-hydroxylation sites is 2. The molecule has 0 bridgehead atoms. The molecule has 158 valence electrons. The number of ether oxygens (including phenoxy) is 1. The van der Waals surface area contributed by atoms with E-state index in [0.29, 0.717) is 6.54 Å². The molecule has 2 aromatic rings. The van der Waals surface area contributed by atoms with Crippen LogP contribution >= 0.6 is 24.0 Å². The third kappa shape index (κ3) is 7.07. The lowest BCUT2D eigenvalue weighted by Gasteiger charge is -2.26. The first-order chi connectivity index (χ1) is 13.4. The Kier molecular flexibility index (Phi) is 8.57. The molecule has 2 aromatic carbocycles. The van der Waals surface area contributed by atoms with Gasteiger partial charge in [-0.15, -0.1) is 37.1 Å². The number of likely N-dealkylation sites (tertiary alicyclic amines) is 1. The maximum absolute atomic E-state index is 12.6. The van der Waals surface area contributed by atoms with Gasteiger partial charge in [-0.25, -0.2) is 0 Å². The van der Waals surface area contributed by atoms with Crippen molar-refractivity contribution in [2.75, 3.05) is 25.0 Å². The maximum Gasteiger partial charge on any atom is 0.573 e. The van der Waals surface area contributed by atoms with Gasteiger partial charge in [0.2, 0.25) is 0 Å². The Balaban J connectivity index is 0.00000300. The number of nitrogens with one attached hydrogen (secondary N) is 1. The molecule has 1 atom stereocenters. The summed E-state index contributed by atoms with van der Waals surface area (Å²) in [5, 5.41) is 2.71. The van der Waals surface area contributed by atoms with Crippen molar-refractivity contribution in [1.82, 2.24) is 4.90 Å². The first kappa shape index (κ1) is 23.3. The van der Waals surface area contributed by atoms with E-state index in [1.54, 1.807) is 6.07 Å². The van der Waals surface area contributed by atoms with Crippen molar-refractivity contribution in [3.8, 4) is 5.75 Å². The molecule has 1 aliphatic heterocycles. The van der Waals surface area contributed by atoms with Crippen LogP contribution in [-0.4, -0.2) is 36.9 Å². The highest BCUT2D eigenvalue weighted by Gasteiger charge is 2.32. The number of alkyl halides is 3. The first-order valence-corrected chi connectivity index (χ1v) is 9.13. The van der Waals surface area contributed by atoms with Crippen molar-refractivity contribution in [2.24, 2.45) is 10.7 Å². The van der Waals surface area contributed by atoms with Gasteiger partial charge in [0, 0.05) is 0 Å². The Labute approximate surface area is 185 Å². The van der Waals surface area contributed by atoms with Crippen molar-refractivity contribution in [3.63, 3.8) is 0 Å². The van der Waals surface area contributed by atoms with Crippen LogP contribution in [0.2, 0.25) is 0 Å². The third-order valence-corrected chi connectivity index (χ3v) is 4.58. The average molecular weight is 520 g/mol. The predicted octanol–water partition coefficient (Wildman–Crippen LogP) is 4.77. The molecule has 0 spiro atoms. The van der Waals surface area contributed by atoms with Crippen LogP contribution < -0.4 is 15.8 Å². The smallest absolute Gasteiger partial charge is 0.404 e. The Morgan fingerprint density at radius 1 is 1.07 bits per heavy atom. The van der Waals surface area contributed by atoms with E-state index < -0.39 is 6.36 Å². The van der Waals surface area contributed by atoms with E-state index in [-0.39, 0.29) is 47.4 Å². The van der Waals surface area contributed by atoms with Gasteiger partial charge in [-0.1, -0.05) is 42.5 Å². The standard InChI is InChI=1S/C20H23F3N4O.HI/c21-20(22,23)28-18-11-5-4-10-16(18)26-19(24)25-14-17(27-12-6-7-13-27)15-8-2-1-3-9-15;/h1-5,8-11,17H,6-7,12-14H2,(H3,24,25,26);1H. The van der Waals surface area contributed by atoms with Gasteiger partial charge in [0.05, 0.1) is 18.3 Å². The largest absolute Gasteiger partial charge is 0.573 e. The second-order valence-electron chi connectivity index (χ2n) is 6.56. The summed E-state index contributed by atoms with van der Waals surface area (Å²) in [6.45, 7) is 2.39. The van der Waals surface area contributed by atoms with Gasteiger partial charge in [-0.3, -0.25) is 9.89 Å². The second-order valence-corrected chi connectivity index (χ2v) is 6.56. The Hall–Kier alpha value is -2.01. The molecule has 1 saturated heterocycles. The van der Waals surface area contributed by atoms with E-state index in [2.05, 4.69) is 32.1 Å². The molecule has 0 saturated carbocycles. The Bertz CT molecular complexity index is 796. The zero-order chi connectivity index (χ0) is 20.0. The van der Waals surface area contributed by atoms with Crippen LogP contribution in [0.4, 0.5) is 18.9 Å². The van der Waals surface area contributed by atoms with Crippen LogP contribution in [0.15, 0.2) is 59.6 Å². The first-order valence-electron chi connectivity index (χ1n) is 9.13. The van der Waals surface area contributed by atoms with E-state index in [0.717, 1.165) is 31.5 Å². The molecular weight excluding hydrogens is 496 g/mol. The predicted molar refractivity (Wildman–Crippen MR) is 119 cm³/mol. The molecule has 1 heterocycles. The fourth-order valence-corrected chi connectivity index (χ4v) is 3.31. The summed E-state index contributed by atoms with van der Waals surface area (Å²) < 4.78 is 41.7. The topological polar surface area (TPSA) is 62.9 Å². The average Bonchev–Trinajstić information content (AvgIpc) is 3.18. The lowest BCUT2D eigenvalue weighted by atomic mass is 10.1. The monoisotopic (exact) mass is 520 g/mol. The van der Waals surface area contributed by atoms with Crippen molar-refractivity contribution >= 4 is 35.6 Å². The molecular formula is C20H24F3IN4O. The van der Waals surface area contributed by atoms with Crippen LogP contribution in [-0.2, 0) is 0 Å².